The van der Waals surface area contributed by atoms with E-state index < -0.39 is 0 Å². The van der Waals surface area contributed by atoms with Crippen LogP contribution in [0.5, 0.6) is 0 Å². The molecule has 0 bridgehead atoms. The molecule has 1 fully saturated rings. The molecule has 1 aliphatic rings. The van der Waals surface area contributed by atoms with E-state index in [0.717, 1.165) is 47.8 Å². The smallest absolute Gasteiger partial charge is 0.233 e. The molecular weight excluding hydrogens is 397 g/mol. The summed E-state index contributed by atoms with van der Waals surface area (Å²) in [5, 5.41) is 12.3. The zero-order valence-electron chi connectivity index (χ0n) is 16.3. The van der Waals surface area contributed by atoms with Crippen molar-refractivity contribution in [1.29, 1.82) is 0 Å². The van der Waals surface area contributed by atoms with E-state index in [0.29, 0.717) is 30.8 Å². The molecule has 3 rings (SSSR count). The summed E-state index contributed by atoms with van der Waals surface area (Å²) >= 11 is 12.9. The number of aromatic nitrogens is 2. The number of nitrogens with zero attached hydrogens (tertiary/aromatic N) is 3. The van der Waals surface area contributed by atoms with Crippen LogP contribution < -0.4 is 10.6 Å². The Morgan fingerprint density at radius 1 is 1.25 bits per heavy atom. The first kappa shape index (κ1) is 21.1. The van der Waals surface area contributed by atoms with Gasteiger partial charge in [0.25, 0.3) is 0 Å². The van der Waals surface area contributed by atoms with E-state index in [1.807, 2.05) is 31.2 Å². The van der Waals surface area contributed by atoms with Crippen LogP contribution in [0.3, 0.4) is 0 Å². The number of amides is 1. The number of benzene rings is 1. The zero-order valence-corrected chi connectivity index (χ0v) is 17.9. The summed E-state index contributed by atoms with van der Waals surface area (Å²) < 4.78 is 1.81. The fraction of sp³-hybridized carbons (Fsp3) is 0.500. The van der Waals surface area contributed by atoms with Crippen LogP contribution in [-0.4, -0.2) is 53.3 Å². The van der Waals surface area contributed by atoms with Gasteiger partial charge in [-0.3, -0.25) is 9.69 Å². The van der Waals surface area contributed by atoms with Gasteiger partial charge in [0.2, 0.25) is 5.91 Å². The van der Waals surface area contributed by atoms with Gasteiger partial charge in [-0.2, -0.15) is 5.10 Å². The Labute approximate surface area is 176 Å². The fourth-order valence-corrected chi connectivity index (χ4v) is 4.00. The summed E-state index contributed by atoms with van der Waals surface area (Å²) in [6.45, 7) is 5.54. The van der Waals surface area contributed by atoms with Crippen molar-refractivity contribution in [3.63, 3.8) is 0 Å². The van der Waals surface area contributed by atoms with Gasteiger partial charge in [0, 0.05) is 43.3 Å². The average molecular weight is 424 g/mol. The monoisotopic (exact) mass is 423 g/mol. The van der Waals surface area contributed by atoms with E-state index >= 15 is 0 Å². The largest absolute Gasteiger partial charge is 0.358 e. The van der Waals surface area contributed by atoms with Gasteiger partial charge in [-0.25, -0.2) is 4.68 Å². The molecule has 1 aromatic heterocycles. The quantitative estimate of drug-likeness (QED) is 0.718. The number of nitrogens with one attached hydrogen (secondary N) is 2. The second-order valence-corrected chi connectivity index (χ2v) is 7.97. The summed E-state index contributed by atoms with van der Waals surface area (Å²) in [5.74, 6) is 0.0692. The van der Waals surface area contributed by atoms with Crippen LogP contribution in [0.25, 0.3) is 0 Å². The van der Waals surface area contributed by atoms with Gasteiger partial charge >= 0.3 is 0 Å². The zero-order chi connectivity index (χ0) is 20.1. The Morgan fingerprint density at radius 2 is 1.96 bits per heavy atom. The highest BCUT2D eigenvalue weighted by Gasteiger charge is 2.21. The Kier molecular flexibility index (Phi) is 7.35. The molecule has 1 saturated heterocycles. The van der Waals surface area contributed by atoms with E-state index in [9.17, 15) is 4.79 Å². The number of likely N-dealkylation sites (tertiary alicyclic amines) is 1. The summed E-state index contributed by atoms with van der Waals surface area (Å²) in [4.78, 5) is 13.7. The van der Waals surface area contributed by atoms with Crippen molar-refractivity contribution >= 4 is 29.1 Å². The Hall–Kier alpha value is -1.60. The molecule has 1 aliphatic heterocycles. The van der Waals surface area contributed by atoms with Gasteiger partial charge in [-0.05, 0) is 31.4 Å². The Balaban J connectivity index is 1.55. The standard InChI is InChI=1S/C20H27Cl2N5O/c1-14-17(11-24-16-7-9-26(10-8-16)13-19(28)23-2)20(22)27(25-14)12-15-5-3-4-6-18(15)21/h3-6,16,24H,7-13H2,1-2H3,(H,23,28). The maximum Gasteiger partial charge on any atom is 0.233 e. The van der Waals surface area contributed by atoms with Gasteiger partial charge in [0.1, 0.15) is 5.15 Å². The number of halogens is 2. The number of piperidine rings is 1. The van der Waals surface area contributed by atoms with Crippen molar-refractivity contribution < 1.29 is 4.79 Å². The van der Waals surface area contributed by atoms with Crippen molar-refractivity contribution in [2.75, 3.05) is 26.7 Å². The first-order valence-electron chi connectivity index (χ1n) is 9.59. The van der Waals surface area contributed by atoms with Crippen LogP contribution >= 0.6 is 23.2 Å². The van der Waals surface area contributed by atoms with Crippen molar-refractivity contribution in [2.24, 2.45) is 0 Å². The SMILES string of the molecule is CNC(=O)CN1CCC(NCc2c(C)nn(Cc3ccccc3Cl)c2Cl)CC1. The van der Waals surface area contributed by atoms with Crippen LogP contribution in [0.15, 0.2) is 24.3 Å². The molecule has 1 aromatic carbocycles. The molecule has 2 heterocycles. The maximum atomic E-state index is 11.5. The first-order valence-corrected chi connectivity index (χ1v) is 10.3. The molecule has 0 spiro atoms. The van der Waals surface area contributed by atoms with Gasteiger partial charge in [0.15, 0.2) is 0 Å². The number of rotatable bonds is 7. The molecule has 0 radical (unpaired) electrons. The predicted molar refractivity (Wildman–Crippen MR) is 113 cm³/mol. The molecule has 1 amide bonds. The minimum Gasteiger partial charge on any atom is -0.358 e. The Bertz CT molecular complexity index is 815. The first-order chi connectivity index (χ1) is 13.5. The molecule has 0 aliphatic carbocycles. The van der Waals surface area contributed by atoms with E-state index in [1.165, 1.54) is 0 Å². The van der Waals surface area contributed by atoms with Crippen molar-refractivity contribution in [3.8, 4) is 0 Å². The average Bonchev–Trinajstić information content (AvgIpc) is 2.96. The van der Waals surface area contributed by atoms with Crippen molar-refractivity contribution in [1.82, 2.24) is 25.3 Å². The normalized spacial score (nSPS) is 15.7. The maximum absolute atomic E-state index is 11.5. The number of carbonyl (C=O) groups excluding carboxylic acids is 1. The lowest BCUT2D eigenvalue weighted by Gasteiger charge is -2.31. The van der Waals surface area contributed by atoms with Crippen molar-refractivity contribution in [3.05, 3.63) is 51.3 Å². The third-order valence-electron chi connectivity index (χ3n) is 5.26. The highest BCUT2D eigenvalue weighted by Crippen LogP contribution is 2.23. The van der Waals surface area contributed by atoms with Crippen LogP contribution in [0, 0.1) is 6.92 Å². The minimum atomic E-state index is 0.0692. The van der Waals surface area contributed by atoms with Gasteiger partial charge < -0.3 is 10.6 Å². The molecule has 0 unspecified atom stereocenters. The highest BCUT2D eigenvalue weighted by atomic mass is 35.5. The molecular formula is C20H27Cl2N5O. The van der Waals surface area contributed by atoms with E-state index in [-0.39, 0.29) is 5.91 Å². The molecule has 2 aromatic rings. The topological polar surface area (TPSA) is 62.2 Å². The number of likely N-dealkylation sites (N-methyl/N-ethyl adjacent to an activating group) is 1. The van der Waals surface area contributed by atoms with E-state index in [2.05, 4.69) is 20.6 Å². The van der Waals surface area contributed by atoms with Crippen LogP contribution in [0.2, 0.25) is 10.2 Å². The highest BCUT2D eigenvalue weighted by molar-refractivity contribution is 6.31. The van der Waals surface area contributed by atoms with E-state index in [4.69, 9.17) is 23.2 Å². The Morgan fingerprint density at radius 3 is 2.64 bits per heavy atom. The second kappa shape index (κ2) is 9.74. The van der Waals surface area contributed by atoms with Gasteiger partial charge in [-0.1, -0.05) is 41.4 Å². The van der Waals surface area contributed by atoms with Crippen LogP contribution in [0.4, 0.5) is 0 Å². The van der Waals surface area contributed by atoms with Crippen LogP contribution in [-0.2, 0) is 17.9 Å². The lowest BCUT2D eigenvalue weighted by Crippen LogP contribution is -2.45. The number of aryl methyl sites for hydroxylation is 1. The predicted octanol–water partition coefficient (Wildman–Crippen LogP) is 2.85. The minimum absolute atomic E-state index is 0.0692. The van der Waals surface area contributed by atoms with Gasteiger partial charge in [0.05, 0.1) is 18.8 Å². The fourth-order valence-electron chi connectivity index (χ4n) is 3.51. The summed E-state index contributed by atoms with van der Waals surface area (Å²) in [6.07, 6.45) is 2.03. The number of hydrogen-bond donors (Lipinski definition) is 2. The lowest BCUT2D eigenvalue weighted by molar-refractivity contribution is -0.122. The summed E-state index contributed by atoms with van der Waals surface area (Å²) in [6, 6.07) is 8.16. The third-order valence-corrected chi connectivity index (χ3v) is 6.05. The summed E-state index contributed by atoms with van der Waals surface area (Å²) in [5.41, 5.74) is 2.96. The molecule has 0 atom stereocenters. The lowest BCUT2D eigenvalue weighted by atomic mass is 10.0. The molecule has 8 heteroatoms. The summed E-state index contributed by atoms with van der Waals surface area (Å²) in [7, 11) is 1.68. The molecule has 152 valence electrons. The second-order valence-electron chi connectivity index (χ2n) is 7.21. The van der Waals surface area contributed by atoms with Gasteiger partial charge in [-0.15, -0.1) is 0 Å². The van der Waals surface area contributed by atoms with E-state index in [1.54, 1.807) is 11.7 Å². The molecule has 28 heavy (non-hydrogen) atoms. The molecule has 2 N–H and O–H groups in total. The number of carbonyl (C=O) groups is 1. The van der Waals surface area contributed by atoms with Crippen LogP contribution in [0.1, 0.15) is 29.7 Å². The van der Waals surface area contributed by atoms with Crippen molar-refractivity contribution in [2.45, 2.75) is 38.9 Å². The molecule has 0 saturated carbocycles. The number of hydrogen-bond acceptors (Lipinski definition) is 4. The third kappa shape index (κ3) is 5.26. The molecule has 6 nitrogen and oxygen atoms in total.